The average molecular weight is 478 g/mol. The van der Waals surface area contributed by atoms with Crippen molar-refractivity contribution in [1.82, 2.24) is 0 Å². The van der Waals surface area contributed by atoms with Gasteiger partial charge in [0.25, 0.3) is 0 Å². The third kappa shape index (κ3) is 6.49. The van der Waals surface area contributed by atoms with Gasteiger partial charge >= 0.3 is 5.97 Å². The smallest absolute Gasteiger partial charge is 0.309 e. The predicted octanol–water partition coefficient (Wildman–Crippen LogP) is 6.10. The summed E-state index contributed by atoms with van der Waals surface area (Å²) in [5.74, 6) is 0.0971. The SMILES string of the molecule is COC(=O)[C@@H](CC(=O)c1ccc(CC[C@@H](N)CS)cc1-c1cccc2ccccc12)CC(C)C. The van der Waals surface area contributed by atoms with Crippen molar-refractivity contribution in [3.63, 3.8) is 0 Å². The summed E-state index contributed by atoms with van der Waals surface area (Å²) in [5, 5.41) is 2.21. The number of hydrogen-bond donors (Lipinski definition) is 2. The number of carbonyl (C=O) groups is 2. The van der Waals surface area contributed by atoms with Crippen LogP contribution in [0.4, 0.5) is 0 Å². The Kier molecular flexibility index (Phi) is 9.31. The van der Waals surface area contributed by atoms with Crippen LogP contribution in [0.5, 0.6) is 0 Å². The van der Waals surface area contributed by atoms with Gasteiger partial charge < -0.3 is 10.5 Å². The number of thiol groups is 1. The molecule has 0 bridgehead atoms. The van der Waals surface area contributed by atoms with Gasteiger partial charge in [-0.25, -0.2) is 0 Å². The third-order valence-electron chi connectivity index (χ3n) is 6.22. The van der Waals surface area contributed by atoms with Gasteiger partial charge in [-0.2, -0.15) is 12.6 Å². The molecule has 3 rings (SSSR count). The molecule has 0 unspecified atom stereocenters. The summed E-state index contributed by atoms with van der Waals surface area (Å²) in [4.78, 5) is 26.0. The Morgan fingerprint density at radius 1 is 1.00 bits per heavy atom. The highest BCUT2D eigenvalue weighted by molar-refractivity contribution is 7.80. The number of ether oxygens (including phenoxy) is 1. The molecule has 3 aromatic carbocycles. The number of fused-ring (bicyclic) bond motifs is 1. The van der Waals surface area contributed by atoms with Crippen molar-refractivity contribution in [2.45, 2.75) is 45.6 Å². The molecule has 4 nitrogen and oxygen atoms in total. The summed E-state index contributed by atoms with van der Waals surface area (Å²) in [5.41, 5.74) is 9.76. The van der Waals surface area contributed by atoms with E-state index in [4.69, 9.17) is 10.5 Å². The molecule has 0 aliphatic rings. The molecule has 0 spiro atoms. The standard InChI is InChI=1S/C29H35NO3S/c1-19(2)15-22(29(32)33-3)17-28(31)26-14-12-20(11-13-23(30)18-34)16-27(26)25-10-6-8-21-7-4-5-9-24(21)25/h4-10,12,14,16,19,22-23,34H,11,13,15,17-18,30H2,1-3H3/t22-,23-/m1/s1. The zero-order chi connectivity index (χ0) is 24.7. The van der Waals surface area contributed by atoms with Gasteiger partial charge in [0.05, 0.1) is 13.0 Å². The maximum Gasteiger partial charge on any atom is 0.309 e. The number of esters is 1. The summed E-state index contributed by atoms with van der Waals surface area (Å²) in [7, 11) is 1.38. The molecule has 0 aliphatic carbocycles. The molecule has 0 heterocycles. The van der Waals surface area contributed by atoms with Crippen molar-refractivity contribution < 1.29 is 14.3 Å². The number of aryl methyl sites for hydroxylation is 1. The lowest BCUT2D eigenvalue weighted by Gasteiger charge is -2.18. The fourth-order valence-electron chi connectivity index (χ4n) is 4.45. The second-order valence-electron chi connectivity index (χ2n) is 9.36. The van der Waals surface area contributed by atoms with Crippen LogP contribution in [0.2, 0.25) is 0 Å². The van der Waals surface area contributed by atoms with Crippen molar-refractivity contribution in [2.75, 3.05) is 12.9 Å². The molecule has 0 saturated carbocycles. The van der Waals surface area contributed by atoms with Crippen molar-refractivity contribution in [1.29, 1.82) is 0 Å². The first-order chi connectivity index (χ1) is 16.3. The summed E-state index contributed by atoms with van der Waals surface area (Å²) >= 11 is 4.30. The summed E-state index contributed by atoms with van der Waals surface area (Å²) in [6, 6.07) is 20.4. The Bertz CT molecular complexity index is 1140. The van der Waals surface area contributed by atoms with Crippen LogP contribution < -0.4 is 5.73 Å². The molecule has 0 aliphatic heterocycles. The van der Waals surface area contributed by atoms with E-state index in [2.05, 4.69) is 43.0 Å². The summed E-state index contributed by atoms with van der Waals surface area (Å²) < 4.78 is 5.00. The molecular formula is C29H35NO3S. The molecule has 0 aromatic heterocycles. The lowest BCUT2D eigenvalue weighted by atomic mass is 9.86. The Labute approximate surface area is 208 Å². The number of benzene rings is 3. The van der Waals surface area contributed by atoms with E-state index in [9.17, 15) is 9.59 Å². The fraction of sp³-hybridized carbons (Fsp3) is 0.379. The number of carbonyl (C=O) groups excluding carboxylic acids is 2. The number of rotatable bonds is 11. The first-order valence-corrected chi connectivity index (χ1v) is 12.6. The molecule has 0 saturated heterocycles. The van der Waals surface area contributed by atoms with Gasteiger partial charge in [0, 0.05) is 23.8 Å². The van der Waals surface area contributed by atoms with Crippen LogP contribution in [0.3, 0.4) is 0 Å². The van der Waals surface area contributed by atoms with Crippen LogP contribution in [0.25, 0.3) is 21.9 Å². The summed E-state index contributed by atoms with van der Waals surface area (Å²) in [6.45, 7) is 4.10. The van der Waals surface area contributed by atoms with E-state index in [1.165, 1.54) is 7.11 Å². The first kappa shape index (κ1) is 26.0. The van der Waals surface area contributed by atoms with Crippen molar-refractivity contribution in [2.24, 2.45) is 17.6 Å². The van der Waals surface area contributed by atoms with E-state index >= 15 is 0 Å². The van der Waals surface area contributed by atoms with Crippen LogP contribution >= 0.6 is 12.6 Å². The molecule has 180 valence electrons. The largest absolute Gasteiger partial charge is 0.469 e. The maximum absolute atomic E-state index is 13.6. The van der Waals surface area contributed by atoms with E-state index in [0.717, 1.165) is 40.3 Å². The number of Topliss-reactive ketones (excluding diaryl/α,β-unsaturated/α-hetero) is 1. The highest BCUT2D eigenvalue weighted by Gasteiger charge is 2.26. The second kappa shape index (κ2) is 12.2. The van der Waals surface area contributed by atoms with Gasteiger partial charge in [-0.3, -0.25) is 9.59 Å². The zero-order valence-electron chi connectivity index (χ0n) is 20.3. The Morgan fingerprint density at radius 3 is 2.44 bits per heavy atom. The van der Waals surface area contributed by atoms with Gasteiger partial charge in [-0.05, 0) is 52.6 Å². The lowest BCUT2D eigenvalue weighted by molar-refractivity contribution is -0.145. The number of methoxy groups -OCH3 is 1. The van der Waals surface area contributed by atoms with Gasteiger partial charge in [0.2, 0.25) is 0 Å². The van der Waals surface area contributed by atoms with Crippen molar-refractivity contribution >= 4 is 35.2 Å². The summed E-state index contributed by atoms with van der Waals surface area (Å²) in [6.07, 6.45) is 2.38. The molecule has 0 radical (unpaired) electrons. The number of ketones is 1. The van der Waals surface area contributed by atoms with Crippen LogP contribution in [0, 0.1) is 11.8 Å². The van der Waals surface area contributed by atoms with Crippen molar-refractivity contribution in [3.8, 4) is 11.1 Å². The average Bonchev–Trinajstić information content (AvgIpc) is 2.85. The fourth-order valence-corrected chi connectivity index (χ4v) is 4.63. The van der Waals surface area contributed by atoms with Crippen molar-refractivity contribution in [3.05, 3.63) is 71.8 Å². The van der Waals surface area contributed by atoms with Gasteiger partial charge in [-0.1, -0.05) is 74.5 Å². The molecule has 0 fully saturated rings. The van der Waals surface area contributed by atoms with E-state index in [0.29, 0.717) is 17.7 Å². The Hall–Kier alpha value is -2.63. The van der Waals surface area contributed by atoms with Crippen LogP contribution in [-0.2, 0) is 16.0 Å². The molecule has 34 heavy (non-hydrogen) atoms. The second-order valence-corrected chi connectivity index (χ2v) is 9.73. The molecule has 2 N–H and O–H groups in total. The monoisotopic (exact) mass is 477 g/mol. The van der Waals surface area contributed by atoms with Gasteiger partial charge in [-0.15, -0.1) is 0 Å². The lowest BCUT2D eigenvalue weighted by Crippen LogP contribution is -2.22. The third-order valence-corrected chi connectivity index (χ3v) is 6.69. The minimum atomic E-state index is -0.453. The highest BCUT2D eigenvalue weighted by Crippen LogP contribution is 2.34. The van der Waals surface area contributed by atoms with Gasteiger partial charge in [0.15, 0.2) is 5.78 Å². The quantitative estimate of drug-likeness (QED) is 0.199. The zero-order valence-corrected chi connectivity index (χ0v) is 21.2. The van der Waals surface area contributed by atoms with Crippen LogP contribution in [0.1, 0.15) is 49.0 Å². The first-order valence-electron chi connectivity index (χ1n) is 11.9. The molecule has 2 atom stereocenters. The minimum Gasteiger partial charge on any atom is -0.469 e. The molecular weight excluding hydrogens is 442 g/mol. The van der Waals surface area contributed by atoms with Crippen LogP contribution in [0.15, 0.2) is 60.7 Å². The van der Waals surface area contributed by atoms with E-state index in [1.54, 1.807) is 0 Å². The molecule has 3 aromatic rings. The van der Waals surface area contributed by atoms with E-state index in [-0.39, 0.29) is 30.1 Å². The van der Waals surface area contributed by atoms with E-state index < -0.39 is 5.92 Å². The Balaban J connectivity index is 2.05. The van der Waals surface area contributed by atoms with Crippen LogP contribution in [-0.4, -0.2) is 30.7 Å². The maximum atomic E-state index is 13.6. The van der Waals surface area contributed by atoms with Gasteiger partial charge in [0.1, 0.15) is 0 Å². The predicted molar refractivity (Wildman–Crippen MR) is 143 cm³/mol. The Morgan fingerprint density at radius 2 is 1.74 bits per heavy atom. The highest BCUT2D eigenvalue weighted by atomic mass is 32.1. The number of nitrogens with two attached hydrogens (primary N) is 1. The van der Waals surface area contributed by atoms with E-state index in [1.807, 2.05) is 44.2 Å². The topological polar surface area (TPSA) is 69.4 Å². The number of hydrogen-bond acceptors (Lipinski definition) is 5. The normalized spacial score (nSPS) is 13.1. The molecule has 5 heteroatoms. The minimum absolute atomic E-state index is 0.0301. The molecule has 0 amide bonds.